The van der Waals surface area contributed by atoms with Crippen molar-refractivity contribution in [3.05, 3.63) is 85.1 Å². The first-order valence-electron chi connectivity index (χ1n) is 8.54. The van der Waals surface area contributed by atoms with Gasteiger partial charge in [-0.2, -0.15) is 0 Å². The zero-order chi connectivity index (χ0) is 17.1. The Morgan fingerprint density at radius 1 is 0.760 bits per heavy atom. The number of benzene rings is 3. The van der Waals surface area contributed by atoms with Crippen LogP contribution in [-0.2, 0) is 0 Å². The van der Waals surface area contributed by atoms with Crippen molar-refractivity contribution in [1.82, 2.24) is 4.98 Å². The van der Waals surface area contributed by atoms with Gasteiger partial charge in [-0.05, 0) is 41.8 Å². The van der Waals surface area contributed by atoms with Gasteiger partial charge in [0.2, 0.25) is 0 Å². The molecule has 2 nitrogen and oxygen atoms in total. The number of hydrogen-bond donors (Lipinski definition) is 0. The summed E-state index contributed by atoms with van der Waals surface area (Å²) in [5.41, 5.74) is 5.63. The second-order valence-electron chi connectivity index (χ2n) is 5.85. The molecule has 0 atom stereocenters. The molecule has 4 aromatic rings. The summed E-state index contributed by atoms with van der Waals surface area (Å²) in [5.74, 6) is 0.895. The van der Waals surface area contributed by atoms with Gasteiger partial charge in [0.05, 0.1) is 12.1 Å². The molecule has 0 aliphatic rings. The summed E-state index contributed by atoms with van der Waals surface area (Å²) < 4.78 is 5.96. The number of hydrogen-bond acceptors (Lipinski definition) is 2. The molecule has 0 bridgehead atoms. The molecule has 1 aromatic heterocycles. The normalized spacial score (nSPS) is 10.8. The van der Waals surface area contributed by atoms with E-state index in [0.29, 0.717) is 6.61 Å². The van der Waals surface area contributed by atoms with Crippen molar-refractivity contribution in [3.63, 3.8) is 0 Å². The van der Waals surface area contributed by atoms with E-state index < -0.39 is 0 Å². The number of pyridine rings is 1. The molecule has 122 valence electrons. The lowest BCUT2D eigenvalue weighted by atomic mass is 9.92. The van der Waals surface area contributed by atoms with E-state index in [4.69, 9.17) is 4.74 Å². The van der Waals surface area contributed by atoms with Crippen molar-refractivity contribution in [2.24, 2.45) is 0 Å². The standard InChI is InChI=1S/C23H19NO/c1-2-25-22-15-14-21-20(13-8-16-24-21)23(22)19-12-7-6-11-18(19)17-9-4-3-5-10-17/h3-16H,2H2,1H3. The van der Waals surface area contributed by atoms with E-state index in [1.807, 2.05) is 37.4 Å². The first-order valence-corrected chi connectivity index (χ1v) is 8.54. The summed E-state index contributed by atoms with van der Waals surface area (Å²) in [7, 11) is 0. The van der Waals surface area contributed by atoms with Crippen LogP contribution >= 0.6 is 0 Å². The molecule has 0 radical (unpaired) electrons. The first-order chi connectivity index (χ1) is 12.4. The van der Waals surface area contributed by atoms with Gasteiger partial charge in [0, 0.05) is 17.1 Å². The fraction of sp³-hybridized carbons (Fsp3) is 0.0870. The first kappa shape index (κ1) is 15.4. The number of ether oxygens (including phenoxy) is 1. The average molecular weight is 325 g/mol. The Morgan fingerprint density at radius 2 is 1.52 bits per heavy atom. The van der Waals surface area contributed by atoms with Crippen LogP contribution in [0, 0.1) is 0 Å². The third-order valence-electron chi connectivity index (χ3n) is 4.33. The summed E-state index contributed by atoms with van der Waals surface area (Å²) in [6.07, 6.45) is 1.83. The van der Waals surface area contributed by atoms with Crippen LogP contribution in [0.1, 0.15) is 6.92 Å². The van der Waals surface area contributed by atoms with Gasteiger partial charge < -0.3 is 4.74 Å². The third-order valence-corrected chi connectivity index (χ3v) is 4.33. The molecule has 0 amide bonds. The maximum atomic E-state index is 5.96. The number of fused-ring (bicyclic) bond motifs is 1. The molecule has 0 saturated heterocycles. The molecule has 0 aliphatic carbocycles. The molecule has 0 spiro atoms. The molecule has 0 aliphatic heterocycles. The molecular formula is C23H19NO. The Morgan fingerprint density at radius 3 is 2.32 bits per heavy atom. The van der Waals surface area contributed by atoms with E-state index >= 15 is 0 Å². The molecular weight excluding hydrogens is 306 g/mol. The van der Waals surface area contributed by atoms with E-state index in [2.05, 4.69) is 59.6 Å². The highest BCUT2D eigenvalue weighted by Crippen LogP contribution is 2.41. The second-order valence-corrected chi connectivity index (χ2v) is 5.85. The molecule has 0 unspecified atom stereocenters. The lowest BCUT2D eigenvalue weighted by Crippen LogP contribution is -1.96. The summed E-state index contributed by atoms with van der Waals surface area (Å²) in [6.45, 7) is 2.65. The van der Waals surface area contributed by atoms with Crippen LogP contribution < -0.4 is 4.74 Å². The van der Waals surface area contributed by atoms with Crippen molar-refractivity contribution in [2.45, 2.75) is 6.92 Å². The highest BCUT2D eigenvalue weighted by molar-refractivity contribution is 6.01. The van der Waals surface area contributed by atoms with Crippen molar-refractivity contribution in [2.75, 3.05) is 6.61 Å². The SMILES string of the molecule is CCOc1ccc2ncccc2c1-c1ccccc1-c1ccccc1. The predicted molar refractivity (Wildman–Crippen MR) is 104 cm³/mol. The van der Waals surface area contributed by atoms with Gasteiger partial charge in [0.15, 0.2) is 0 Å². The quantitative estimate of drug-likeness (QED) is 0.461. The van der Waals surface area contributed by atoms with E-state index in [1.54, 1.807) is 0 Å². The van der Waals surface area contributed by atoms with Gasteiger partial charge in [-0.15, -0.1) is 0 Å². The second kappa shape index (κ2) is 6.78. The van der Waals surface area contributed by atoms with Crippen LogP contribution in [0.15, 0.2) is 85.1 Å². The van der Waals surface area contributed by atoms with Crippen LogP contribution in [0.3, 0.4) is 0 Å². The topological polar surface area (TPSA) is 22.1 Å². The molecule has 25 heavy (non-hydrogen) atoms. The summed E-state index contributed by atoms with van der Waals surface area (Å²) in [6, 6.07) is 27.1. The van der Waals surface area contributed by atoms with E-state index in [-0.39, 0.29) is 0 Å². The maximum Gasteiger partial charge on any atom is 0.127 e. The lowest BCUT2D eigenvalue weighted by molar-refractivity contribution is 0.342. The molecule has 0 saturated carbocycles. The molecule has 3 aromatic carbocycles. The largest absolute Gasteiger partial charge is 0.493 e. The van der Waals surface area contributed by atoms with Crippen molar-refractivity contribution >= 4 is 10.9 Å². The van der Waals surface area contributed by atoms with E-state index in [9.17, 15) is 0 Å². The zero-order valence-electron chi connectivity index (χ0n) is 14.1. The monoisotopic (exact) mass is 325 g/mol. The van der Waals surface area contributed by atoms with Gasteiger partial charge in [-0.3, -0.25) is 4.98 Å². The van der Waals surface area contributed by atoms with Crippen molar-refractivity contribution in [1.29, 1.82) is 0 Å². The molecule has 0 fully saturated rings. The summed E-state index contributed by atoms with van der Waals surface area (Å²) >= 11 is 0. The Balaban J connectivity index is 2.04. The Kier molecular flexibility index (Phi) is 4.17. The highest BCUT2D eigenvalue weighted by Gasteiger charge is 2.15. The van der Waals surface area contributed by atoms with E-state index in [1.165, 1.54) is 11.1 Å². The Hall–Kier alpha value is -3.13. The summed E-state index contributed by atoms with van der Waals surface area (Å²) in [5, 5.41) is 1.11. The van der Waals surface area contributed by atoms with E-state index in [0.717, 1.165) is 27.8 Å². The fourth-order valence-electron chi connectivity index (χ4n) is 3.26. The third kappa shape index (κ3) is 2.87. The van der Waals surface area contributed by atoms with Gasteiger partial charge in [-0.25, -0.2) is 0 Å². The minimum absolute atomic E-state index is 0.631. The molecule has 4 rings (SSSR count). The molecule has 0 N–H and O–H groups in total. The van der Waals surface area contributed by atoms with Crippen LogP contribution in [0.5, 0.6) is 5.75 Å². The van der Waals surface area contributed by atoms with Crippen molar-refractivity contribution in [3.8, 4) is 28.0 Å². The predicted octanol–water partition coefficient (Wildman–Crippen LogP) is 5.97. The lowest BCUT2D eigenvalue weighted by Gasteiger charge is -2.16. The molecule has 1 heterocycles. The highest BCUT2D eigenvalue weighted by atomic mass is 16.5. The van der Waals surface area contributed by atoms with Gasteiger partial charge in [0.1, 0.15) is 5.75 Å². The number of nitrogens with zero attached hydrogens (tertiary/aromatic N) is 1. The van der Waals surface area contributed by atoms with Crippen LogP contribution in [-0.4, -0.2) is 11.6 Å². The minimum atomic E-state index is 0.631. The molecule has 2 heteroatoms. The van der Waals surface area contributed by atoms with Crippen molar-refractivity contribution < 1.29 is 4.74 Å². The van der Waals surface area contributed by atoms with Gasteiger partial charge >= 0.3 is 0 Å². The fourth-order valence-corrected chi connectivity index (χ4v) is 3.26. The van der Waals surface area contributed by atoms with Gasteiger partial charge in [-0.1, -0.05) is 60.7 Å². The number of aromatic nitrogens is 1. The average Bonchev–Trinajstić information content (AvgIpc) is 2.69. The van der Waals surface area contributed by atoms with Crippen LogP contribution in [0.4, 0.5) is 0 Å². The summed E-state index contributed by atoms with van der Waals surface area (Å²) in [4.78, 5) is 4.52. The van der Waals surface area contributed by atoms with Gasteiger partial charge in [0.25, 0.3) is 0 Å². The minimum Gasteiger partial charge on any atom is -0.493 e. The Bertz CT molecular complexity index is 1010. The number of rotatable bonds is 4. The maximum absolute atomic E-state index is 5.96. The smallest absolute Gasteiger partial charge is 0.127 e. The Labute approximate surface area is 147 Å². The van der Waals surface area contributed by atoms with Crippen LogP contribution in [0.25, 0.3) is 33.2 Å². The van der Waals surface area contributed by atoms with Crippen LogP contribution in [0.2, 0.25) is 0 Å². The zero-order valence-corrected chi connectivity index (χ0v) is 14.1.